The van der Waals surface area contributed by atoms with E-state index in [1.807, 2.05) is 32.0 Å². The minimum atomic E-state index is -0.106. The second-order valence-electron chi connectivity index (χ2n) is 3.84. The second kappa shape index (κ2) is 7.14. The zero-order valence-corrected chi connectivity index (χ0v) is 12.4. The van der Waals surface area contributed by atoms with Gasteiger partial charge in [0.25, 0.3) is 0 Å². The molecule has 94 valence electrons. The lowest BCUT2D eigenvalue weighted by atomic mass is 10.0. The molecule has 1 rings (SSSR count). The molecule has 1 atom stereocenters. The maximum absolute atomic E-state index is 7.89. The molecule has 4 heteroatoms. The third kappa shape index (κ3) is 4.41. The van der Waals surface area contributed by atoms with Crippen LogP contribution in [-0.4, -0.2) is 18.4 Å². The average Bonchev–Trinajstić information content (AvgIpc) is 2.31. The molecule has 1 aromatic rings. The van der Waals surface area contributed by atoms with Crippen LogP contribution in [0.25, 0.3) is 0 Å². The van der Waals surface area contributed by atoms with E-state index < -0.39 is 0 Å². The first-order valence-electron chi connectivity index (χ1n) is 5.68. The Morgan fingerprint density at radius 3 is 2.88 bits per heavy atom. The molecule has 0 aromatic heterocycles. The molecule has 0 aliphatic rings. The fourth-order valence-electron chi connectivity index (χ4n) is 1.56. The molecule has 1 unspecified atom stereocenters. The summed E-state index contributed by atoms with van der Waals surface area (Å²) in [5.74, 6) is 0. The van der Waals surface area contributed by atoms with E-state index in [9.17, 15) is 0 Å². The predicted molar refractivity (Wildman–Crippen MR) is 76.3 cm³/mol. The quantitative estimate of drug-likeness (QED) is 0.771. The summed E-state index contributed by atoms with van der Waals surface area (Å²) in [6.07, 6.45) is 1.34. The van der Waals surface area contributed by atoms with Crippen molar-refractivity contribution >= 4 is 33.2 Å². The highest BCUT2D eigenvalue weighted by Crippen LogP contribution is 2.26. The Hall–Kier alpha value is -0.380. The molecule has 0 saturated heterocycles. The van der Waals surface area contributed by atoms with Gasteiger partial charge < -0.3 is 10.1 Å². The van der Waals surface area contributed by atoms with Crippen LogP contribution in [0.5, 0.6) is 0 Å². The molecule has 0 fully saturated rings. The number of aryl methyl sites for hydroxylation is 1. The van der Waals surface area contributed by atoms with Crippen LogP contribution < -0.4 is 0 Å². The fraction of sp³-hybridized carbons (Fsp3) is 0.462. The topological polar surface area (TPSA) is 33.1 Å². The number of hydrogen-bond donors (Lipinski definition) is 1. The largest absolute Gasteiger partial charge is 0.373 e. The summed E-state index contributed by atoms with van der Waals surface area (Å²) in [6, 6.07) is 5.87. The summed E-state index contributed by atoms with van der Waals surface area (Å²) in [5.41, 5.74) is 1.68. The monoisotopic (exact) mass is 317 g/mol. The third-order valence-electron chi connectivity index (χ3n) is 2.60. The highest BCUT2D eigenvalue weighted by molar-refractivity contribution is 9.10. The molecule has 0 bridgehead atoms. The summed E-state index contributed by atoms with van der Waals surface area (Å²) >= 11 is 9.57. The number of ether oxygens (including phenoxy) is 1. The molecule has 17 heavy (non-hydrogen) atoms. The Morgan fingerprint density at radius 2 is 2.24 bits per heavy atom. The van der Waals surface area contributed by atoms with E-state index in [2.05, 4.69) is 15.9 Å². The maximum Gasteiger partial charge on any atom is 0.0920 e. The van der Waals surface area contributed by atoms with Gasteiger partial charge in [-0.15, -0.1) is 0 Å². The lowest BCUT2D eigenvalue weighted by Gasteiger charge is -2.13. The van der Waals surface area contributed by atoms with Crippen LogP contribution in [-0.2, 0) is 11.2 Å². The van der Waals surface area contributed by atoms with E-state index in [1.54, 1.807) is 0 Å². The van der Waals surface area contributed by atoms with Crippen LogP contribution in [0, 0.1) is 5.41 Å². The fourth-order valence-corrected chi connectivity index (χ4v) is 2.19. The van der Waals surface area contributed by atoms with Crippen molar-refractivity contribution in [2.24, 2.45) is 0 Å². The van der Waals surface area contributed by atoms with Crippen molar-refractivity contribution in [2.75, 3.05) is 6.61 Å². The normalized spacial score (nSPS) is 12.5. The zero-order valence-electron chi connectivity index (χ0n) is 10.1. The van der Waals surface area contributed by atoms with Gasteiger partial charge in [-0.1, -0.05) is 23.7 Å². The van der Waals surface area contributed by atoms with Crippen LogP contribution in [0.3, 0.4) is 0 Å². The van der Waals surface area contributed by atoms with Crippen LogP contribution >= 0.6 is 27.5 Å². The molecule has 2 nitrogen and oxygen atoms in total. The number of nitrogens with one attached hydrogen (secondary N) is 1. The van der Waals surface area contributed by atoms with Crippen molar-refractivity contribution in [2.45, 2.75) is 32.8 Å². The number of benzene rings is 1. The molecule has 0 saturated carbocycles. The predicted octanol–water partition coefficient (Wildman–Crippen LogP) is 4.48. The minimum absolute atomic E-state index is 0.106. The Labute approximate surface area is 116 Å². The van der Waals surface area contributed by atoms with Gasteiger partial charge in [0.2, 0.25) is 0 Å². The van der Waals surface area contributed by atoms with Crippen molar-refractivity contribution in [3.8, 4) is 0 Å². The standard InChI is InChI=1S/C13H17BrClNO/c1-3-17-9(2)12(16)8-7-10-5-4-6-11(14)13(10)15/h4-6,9,16H,3,7-8H2,1-2H3. The van der Waals surface area contributed by atoms with Crippen LogP contribution in [0.2, 0.25) is 5.02 Å². The van der Waals surface area contributed by atoms with Crippen LogP contribution in [0.4, 0.5) is 0 Å². The van der Waals surface area contributed by atoms with Crippen LogP contribution in [0.15, 0.2) is 22.7 Å². The van der Waals surface area contributed by atoms with E-state index in [4.69, 9.17) is 21.7 Å². The van der Waals surface area contributed by atoms with Gasteiger partial charge in [-0.2, -0.15) is 0 Å². The molecule has 1 aromatic carbocycles. The minimum Gasteiger partial charge on any atom is -0.373 e. The number of halogens is 2. The lowest BCUT2D eigenvalue weighted by molar-refractivity contribution is 0.120. The molecule has 0 amide bonds. The molecule has 0 radical (unpaired) electrons. The van der Waals surface area contributed by atoms with E-state index >= 15 is 0 Å². The summed E-state index contributed by atoms with van der Waals surface area (Å²) in [4.78, 5) is 0. The first kappa shape index (κ1) is 14.7. The maximum atomic E-state index is 7.89. The summed E-state index contributed by atoms with van der Waals surface area (Å²) in [6.45, 7) is 4.49. The molecular weight excluding hydrogens is 302 g/mol. The number of hydrogen-bond acceptors (Lipinski definition) is 2. The molecule has 0 spiro atoms. The summed E-state index contributed by atoms with van der Waals surface area (Å²) in [7, 11) is 0. The summed E-state index contributed by atoms with van der Waals surface area (Å²) < 4.78 is 6.28. The number of rotatable bonds is 6. The molecule has 0 aliphatic heterocycles. The van der Waals surface area contributed by atoms with Gasteiger partial charge in [-0.3, -0.25) is 0 Å². The zero-order chi connectivity index (χ0) is 12.8. The molecule has 1 N–H and O–H groups in total. The van der Waals surface area contributed by atoms with Gasteiger partial charge in [-0.25, -0.2) is 0 Å². The van der Waals surface area contributed by atoms with Gasteiger partial charge in [0.1, 0.15) is 0 Å². The van der Waals surface area contributed by atoms with Gasteiger partial charge >= 0.3 is 0 Å². The third-order valence-corrected chi connectivity index (χ3v) is 3.94. The van der Waals surface area contributed by atoms with Crippen LogP contribution in [0.1, 0.15) is 25.8 Å². The second-order valence-corrected chi connectivity index (χ2v) is 5.07. The average molecular weight is 319 g/mol. The van der Waals surface area contributed by atoms with Crippen molar-refractivity contribution in [1.29, 1.82) is 5.41 Å². The first-order valence-corrected chi connectivity index (χ1v) is 6.85. The van der Waals surface area contributed by atoms with E-state index in [0.717, 1.165) is 21.5 Å². The van der Waals surface area contributed by atoms with Gasteiger partial charge in [0, 0.05) is 16.8 Å². The molecule has 0 aliphatic carbocycles. The van der Waals surface area contributed by atoms with Gasteiger partial charge in [0.15, 0.2) is 0 Å². The lowest BCUT2D eigenvalue weighted by Crippen LogP contribution is -2.20. The molecule has 0 heterocycles. The highest BCUT2D eigenvalue weighted by Gasteiger charge is 2.10. The molecular formula is C13H17BrClNO. The van der Waals surface area contributed by atoms with Crippen molar-refractivity contribution < 1.29 is 4.74 Å². The summed E-state index contributed by atoms with van der Waals surface area (Å²) in [5, 5.41) is 8.63. The highest BCUT2D eigenvalue weighted by atomic mass is 79.9. The van der Waals surface area contributed by atoms with Crippen molar-refractivity contribution in [3.05, 3.63) is 33.3 Å². The smallest absolute Gasteiger partial charge is 0.0920 e. The van der Waals surface area contributed by atoms with Crippen molar-refractivity contribution in [1.82, 2.24) is 0 Å². The van der Waals surface area contributed by atoms with Gasteiger partial charge in [0.05, 0.1) is 11.1 Å². The van der Waals surface area contributed by atoms with Crippen molar-refractivity contribution in [3.63, 3.8) is 0 Å². The van der Waals surface area contributed by atoms with E-state index in [-0.39, 0.29) is 6.10 Å². The first-order chi connectivity index (χ1) is 8.06. The van der Waals surface area contributed by atoms with E-state index in [0.29, 0.717) is 18.7 Å². The van der Waals surface area contributed by atoms with E-state index in [1.165, 1.54) is 0 Å². The Kier molecular flexibility index (Phi) is 6.17. The Bertz CT molecular complexity index is 395. The Balaban J connectivity index is 2.56. The Morgan fingerprint density at radius 1 is 1.53 bits per heavy atom. The SMILES string of the molecule is CCOC(C)C(=N)CCc1cccc(Br)c1Cl. The van der Waals surface area contributed by atoms with Gasteiger partial charge in [-0.05, 0) is 54.2 Å².